The maximum atomic E-state index is 9.91. The normalized spacial score (nSPS) is 22.2. The van der Waals surface area contributed by atoms with E-state index in [0.29, 0.717) is 18.5 Å². The zero-order valence-corrected chi connectivity index (χ0v) is 15.2. The molecule has 1 aliphatic rings. The molecule has 130 valence electrons. The Morgan fingerprint density at radius 2 is 2.08 bits per heavy atom. The highest BCUT2D eigenvalue weighted by molar-refractivity contribution is 7.10. The summed E-state index contributed by atoms with van der Waals surface area (Å²) in [6.07, 6.45) is -0.317. The third-order valence-corrected chi connectivity index (χ3v) is 5.61. The van der Waals surface area contributed by atoms with Crippen LogP contribution in [-0.4, -0.2) is 35.7 Å². The number of nitrogens with one attached hydrogen (secondary N) is 2. The van der Waals surface area contributed by atoms with Gasteiger partial charge < -0.3 is 5.11 Å². The molecule has 3 rings (SSSR count). The Kier molecular flexibility index (Phi) is 6.03. The van der Waals surface area contributed by atoms with Gasteiger partial charge in [-0.2, -0.15) is 0 Å². The molecule has 0 saturated carbocycles. The van der Waals surface area contributed by atoms with E-state index in [1.54, 1.807) is 11.3 Å². The minimum absolute atomic E-state index is 0.312. The SMILES string of the molecule is Cc1ccsc1CN(CC(C)O)CC1CNNC1c1ccccc1. The number of hydrogen-bond donors (Lipinski definition) is 3. The summed E-state index contributed by atoms with van der Waals surface area (Å²) in [4.78, 5) is 3.78. The summed E-state index contributed by atoms with van der Waals surface area (Å²) >= 11 is 1.81. The van der Waals surface area contributed by atoms with Crippen LogP contribution >= 0.6 is 11.3 Å². The molecule has 1 saturated heterocycles. The second-order valence-electron chi connectivity index (χ2n) is 6.74. The average molecular weight is 346 g/mol. The first-order chi connectivity index (χ1) is 11.6. The number of aliphatic hydroxyl groups is 1. The molecular formula is C19H27N3OS. The van der Waals surface area contributed by atoms with Gasteiger partial charge in [-0.3, -0.25) is 10.3 Å². The second kappa shape index (κ2) is 8.23. The van der Waals surface area contributed by atoms with E-state index in [9.17, 15) is 5.11 Å². The van der Waals surface area contributed by atoms with Gasteiger partial charge >= 0.3 is 0 Å². The van der Waals surface area contributed by atoms with E-state index < -0.39 is 0 Å². The van der Waals surface area contributed by atoms with Crippen LogP contribution in [0.5, 0.6) is 0 Å². The summed E-state index contributed by atoms with van der Waals surface area (Å²) in [5.41, 5.74) is 9.39. The molecule has 1 aromatic carbocycles. The third-order valence-electron chi connectivity index (χ3n) is 4.60. The van der Waals surface area contributed by atoms with E-state index in [4.69, 9.17) is 0 Å². The topological polar surface area (TPSA) is 47.5 Å². The van der Waals surface area contributed by atoms with Crippen molar-refractivity contribution in [1.82, 2.24) is 15.8 Å². The van der Waals surface area contributed by atoms with Gasteiger partial charge in [0, 0.05) is 37.0 Å². The van der Waals surface area contributed by atoms with E-state index in [1.165, 1.54) is 16.0 Å². The summed E-state index contributed by atoms with van der Waals surface area (Å²) in [5, 5.41) is 12.1. The molecule has 0 aliphatic carbocycles. The highest BCUT2D eigenvalue weighted by Crippen LogP contribution is 2.27. The molecule has 4 nitrogen and oxygen atoms in total. The molecule has 1 aromatic heterocycles. The molecule has 3 atom stereocenters. The summed E-state index contributed by atoms with van der Waals surface area (Å²) in [7, 11) is 0. The molecule has 0 radical (unpaired) electrons. The van der Waals surface area contributed by atoms with Crippen molar-refractivity contribution in [3.8, 4) is 0 Å². The predicted molar refractivity (Wildman–Crippen MR) is 99.8 cm³/mol. The lowest BCUT2D eigenvalue weighted by Gasteiger charge is -2.29. The first-order valence-electron chi connectivity index (χ1n) is 8.60. The molecule has 0 spiro atoms. The van der Waals surface area contributed by atoms with E-state index >= 15 is 0 Å². The van der Waals surface area contributed by atoms with Gasteiger partial charge in [-0.15, -0.1) is 11.3 Å². The largest absolute Gasteiger partial charge is 0.392 e. The van der Waals surface area contributed by atoms with Crippen molar-refractivity contribution in [2.24, 2.45) is 5.92 Å². The first-order valence-corrected chi connectivity index (χ1v) is 9.48. The van der Waals surface area contributed by atoms with Crippen LogP contribution in [0.1, 0.15) is 29.0 Å². The Hall–Kier alpha value is -1.24. The van der Waals surface area contributed by atoms with E-state index in [1.807, 2.05) is 6.92 Å². The molecule has 24 heavy (non-hydrogen) atoms. The Bertz CT molecular complexity index is 629. The van der Waals surface area contributed by atoms with Crippen LogP contribution in [0.3, 0.4) is 0 Å². The lowest BCUT2D eigenvalue weighted by molar-refractivity contribution is 0.110. The molecule has 1 aliphatic heterocycles. The van der Waals surface area contributed by atoms with Crippen molar-refractivity contribution in [2.75, 3.05) is 19.6 Å². The fourth-order valence-electron chi connectivity index (χ4n) is 3.40. The summed E-state index contributed by atoms with van der Waals surface area (Å²) in [5.74, 6) is 0.478. The summed E-state index contributed by atoms with van der Waals surface area (Å²) in [6.45, 7) is 7.55. The Balaban J connectivity index is 1.70. The van der Waals surface area contributed by atoms with Crippen LogP contribution < -0.4 is 10.9 Å². The molecule has 2 aromatic rings. The Labute approximate surface area is 148 Å². The summed E-state index contributed by atoms with van der Waals surface area (Å²) in [6, 6.07) is 13.1. The van der Waals surface area contributed by atoms with Crippen LogP contribution in [0.4, 0.5) is 0 Å². The van der Waals surface area contributed by atoms with E-state index in [0.717, 1.165) is 19.6 Å². The minimum Gasteiger partial charge on any atom is -0.392 e. The Morgan fingerprint density at radius 3 is 2.75 bits per heavy atom. The second-order valence-corrected chi connectivity index (χ2v) is 7.74. The quantitative estimate of drug-likeness (QED) is 0.722. The molecular weight excluding hydrogens is 318 g/mol. The van der Waals surface area contributed by atoms with Crippen molar-refractivity contribution in [1.29, 1.82) is 0 Å². The number of nitrogens with zero attached hydrogens (tertiary/aromatic N) is 1. The number of aryl methyl sites for hydroxylation is 1. The number of rotatable bonds is 7. The minimum atomic E-state index is -0.317. The van der Waals surface area contributed by atoms with Crippen LogP contribution in [0.2, 0.25) is 0 Å². The van der Waals surface area contributed by atoms with Gasteiger partial charge in [0.15, 0.2) is 0 Å². The average Bonchev–Trinajstić information content (AvgIpc) is 3.17. The van der Waals surface area contributed by atoms with E-state index in [2.05, 4.69) is 64.5 Å². The van der Waals surface area contributed by atoms with Gasteiger partial charge in [-0.1, -0.05) is 30.3 Å². The van der Waals surface area contributed by atoms with Gasteiger partial charge in [0.2, 0.25) is 0 Å². The van der Waals surface area contributed by atoms with Crippen molar-refractivity contribution in [2.45, 2.75) is 32.5 Å². The molecule has 3 N–H and O–H groups in total. The smallest absolute Gasteiger partial charge is 0.0639 e. The van der Waals surface area contributed by atoms with Crippen LogP contribution in [-0.2, 0) is 6.54 Å². The van der Waals surface area contributed by atoms with Crippen molar-refractivity contribution in [3.05, 3.63) is 57.8 Å². The van der Waals surface area contributed by atoms with Crippen LogP contribution in [0.25, 0.3) is 0 Å². The molecule has 0 bridgehead atoms. The van der Waals surface area contributed by atoms with Crippen LogP contribution in [0, 0.1) is 12.8 Å². The standard InChI is InChI=1S/C19H27N3OS/c1-14-8-9-24-18(14)13-22(11-15(2)23)12-17-10-20-21-19(17)16-6-4-3-5-7-16/h3-9,15,17,19-21,23H,10-13H2,1-2H3. The fourth-order valence-corrected chi connectivity index (χ4v) is 4.35. The maximum absolute atomic E-state index is 9.91. The zero-order chi connectivity index (χ0) is 16.9. The fraction of sp³-hybridized carbons (Fsp3) is 0.474. The molecule has 2 heterocycles. The summed E-state index contributed by atoms with van der Waals surface area (Å²) < 4.78 is 0. The third kappa shape index (κ3) is 4.43. The Morgan fingerprint density at radius 1 is 1.29 bits per heavy atom. The lowest BCUT2D eigenvalue weighted by atomic mass is 9.94. The highest BCUT2D eigenvalue weighted by atomic mass is 32.1. The predicted octanol–water partition coefficient (Wildman–Crippen LogP) is 2.70. The number of aliphatic hydroxyl groups excluding tert-OH is 1. The van der Waals surface area contributed by atoms with Gasteiger partial charge in [-0.05, 0) is 36.4 Å². The van der Waals surface area contributed by atoms with Gasteiger partial charge in [0.05, 0.1) is 12.1 Å². The molecule has 5 heteroatoms. The van der Waals surface area contributed by atoms with Gasteiger partial charge in [-0.25, -0.2) is 5.43 Å². The molecule has 0 amide bonds. The maximum Gasteiger partial charge on any atom is 0.0639 e. The lowest BCUT2D eigenvalue weighted by Crippen LogP contribution is -2.37. The van der Waals surface area contributed by atoms with Crippen molar-refractivity contribution < 1.29 is 5.11 Å². The first kappa shape index (κ1) is 17.6. The van der Waals surface area contributed by atoms with Gasteiger partial charge in [0.1, 0.15) is 0 Å². The van der Waals surface area contributed by atoms with Crippen molar-refractivity contribution >= 4 is 11.3 Å². The molecule has 3 unspecified atom stereocenters. The van der Waals surface area contributed by atoms with Crippen molar-refractivity contribution in [3.63, 3.8) is 0 Å². The van der Waals surface area contributed by atoms with E-state index in [-0.39, 0.29) is 6.10 Å². The zero-order valence-electron chi connectivity index (χ0n) is 14.4. The molecule has 1 fully saturated rings. The number of thiophene rings is 1. The highest BCUT2D eigenvalue weighted by Gasteiger charge is 2.30. The monoisotopic (exact) mass is 345 g/mol. The van der Waals surface area contributed by atoms with Crippen LogP contribution in [0.15, 0.2) is 41.8 Å². The number of hydrazine groups is 1. The number of benzene rings is 1. The number of hydrogen-bond acceptors (Lipinski definition) is 5. The van der Waals surface area contributed by atoms with Gasteiger partial charge in [0.25, 0.3) is 0 Å².